The van der Waals surface area contributed by atoms with E-state index in [0.717, 1.165) is 16.8 Å². The van der Waals surface area contributed by atoms with Gasteiger partial charge in [0.1, 0.15) is 5.52 Å². The molecule has 3 rings (SSSR count). The number of rotatable bonds is 6. The number of thioether (sulfide) groups is 1. The van der Waals surface area contributed by atoms with Crippen LogP contribution in [0.3, 0.4) is 0 Å². The summed E-state index contributed by atoms with van der Waals surface area (Å²) in [5.41, 5.74) is 4.35. The number of nitriles is 1. The summed E-state index contributed by atoms with van der Waals surface area (Å²) in [5.74, 6) is 0.0672. The Bertz CT molecular complexity index is 1030. The average molecular weight is 400 g/mol. The van der Waals surface area contributed by atoms with Crippen LogP contribution in [0.25, 0.3) is 11.1 Å². The molecular formula is C20H18ClN3O2S. The number of anilines is 1. The quantitative estimate of drug-likeness (QED) is 0.537. The summed E-state index contributed by atoms with van der Waals surface area (Å²) >= 11 is 7.18. The third-order valence-corrected chi connectivity index (χ3v) is 5.25. The fourth-order valence-corrected chi connectivity index (χ4v) is 3.47. The first-order chi connectivity index (χ1) is 13.0. The van der Waals surface area contributed by atoms with Gasteiger partial charge in [-0.1, -0.05) is 29.4 Å². The van der Waals surface area contributed by atoms with Crippen LogP contribution < -0.4 is 4.90 Å². The van der Waals surface area contributed by atoms with E-state index in [2.05, 4.69) is 11.1 Å². The van der Waals surface area contributed by atoms with Crippen LogP contribution in [0.4, 0.5) is 5.69 Å². The third-order valence-electron chi connectivity index (χ3n) is 4.20. The molecule has 2 aromatic carbocycles. The Labute approximate surface area is 166 Å². The molecule has 0 atom stereocenters. The number of carbonyl (C=O) groups excluding carboxylic acids is 1. The number of fused-ring (bicyclic) bond motifs is 1. The second kappa shape index (κ2) is 8.47. The van der Waals surface area contributed by atoms with Gasteiger partial charge in [0.15, 0.2) is 5.58 Å². The van der Waals surface area contributed by atoms with Crippen molar-refractivity contribution in [3.63, 3.8) is 0 Å². The first kappa shape index (κ1) is 19.3. The molecule has 1 amide bonds. The Morgan fingerprint density at radius 2 is 2.07 bits per heavy atom. The molecule has 0 radical (unpaired) electrons. The number of aryl methyl sites for hydroxylation is 2. The lowest BCUT2D eigenvalue weighted by Gasteiger charge is -2.22. The summed E-state index contributed by atoms with van der Waals surface area (Å²) in [7, 11) is 0. The highest BCUT2D eigenvalue weighted by Gasteiger charge is 2.18. The molecule has 0 N–H and O–H groups in total. The topological polar surface area (TPSA) is 70.1 Å². The highest BCUT2D eigenvalue weighted by molar-refractivity contribution is 7.99. The fourth-order valence-electron chi connectivity index (χ4n) is 2.59. The van der Waals surface area contributed by atoms with Crippen molar-refractivity contribution in [2.75, 3.05) is 17.2 Å². The summed E-state index contributed by atoms with van der Waals surface area (Å²) in [4.78, 5) is 18.8. The molecule has 0 unspecified atom stereocenters. The molecule has 138 valence electrons. The first-order valence-corrected chi connectivity index (χ1v) is 9.78. The van der Waals surface area contributed by atoms with Gasteiger partial charge >= 0.3 is 0 Å². The van der Waals surface area contributed by atoms with E-state index < -0.39 is 0 Å². The lowest BCUT2D eigenvalue weighted by Crippen LogP contribution is -2.33. The largest absolute Gasteiger partial charge is 0.431 e. The predicted molar refractivity (Wildman–Crippen MR) is 108 cm³/mol. The minimum absolute atomic E-state index is 0.0983. The molecule has 0 bridgehead atoms. The average Bonchev–Trinajstić information content (AvgIpc) is 3.05. The molecule has 0 aliphatic carbocycles. The van der Waals surface area contributed by atoms with Gasteiger partial charge in [-0.3, -0.25) is 4.79 Å². The molecule has 7 heteroatoms. The summed E-state index contributed by atoms with van der Waals surface area (Å²) in [6.07, 6.45) is 0.269. The van der Waals surface area contributed by atoms with Crippen LogP contribution in [0.2, 0.25) is 5.02 Å². The molecule has 0 aliphatic rings. The van der Waals surface area contributed by atoms with E-state index in [1.165, 1.54) is 11.8 Å². The Balaban J connectivity index is 1.75. The van der Waals surface area contributed by atoms with E-state index in [1.54, 1.807) is 23.1 Å². The normalized spacial score (nSPS) is 10.7. The molecule has 5 nitrogen and oxygen atoms in total. The number of nitrogens with zero attached hydrogens (tertiary/aromatic N) is 3. The number of hydrogen-bond donors (Lipinski definition) is 0. The molecule has 1 heterocycles. The summed E-state index contributed by atoms with van der Waals surface area (Å²) in [6, 6.07) is 13.2. The number of halogens is 1. The Morgan fingerprint density at radius 3 is 2.81 bits per heavy atom. The van der Waals surface area contributed by atoms with Crippen LogP contribution in [0.1, 0.15) is 17.5 Å². The van der Waals surface area contributed by atoms with Crippen molar-refractivity contribution in [1.82, 2.24) is 4.98 Å². The summed E-state index contributed by atoms with van der Waals surface area (Å²) < 4.78 is 5.65. The standard InChI is InChI=1S/C20H18ClN3O2S/c1-13-4-6-16(10-14(13)2)24(9-3-8-22)19(25)12-27-20-23-17-7-5-15(21)11-18(17)26-20/h4-7,10-11H,3,9,12H2,1-2H3. The summed E-state index contributed by atoms with van der Waals surface area (Å²) in [5, 5.41) is 9.91. The minimum Gasteiger partial charge on any atom is -0.431 e. The number of hydrogen-bond acceptors (Lipinski definition) is 5. The molecule has 0 aliphatic heterocycles. The van der Waals surface area contributed by atoms with Gasteiger partial charge in [-0.2, -0.15) is 5.26 Å². The van der Waals surface area contributed by atoms with E-state index in [4.69, 9.17) is 21.3 Å². The van der Waals surface area contributed by atoms with Gasteiger partial charge in [0.25, 0.3) is 5.22 Å². The highest BCUT2D eigenvalue weighted by atomic mass is 35.5. The van der Waals surface area contributed by atoms with E-state index in [9.17, 15) is 4.79 Å². The third kappa shape index (κ3) is 4.62. The number of aromatic nitrogens is 1. The summed E-state index contributed by atoms with van der Waals surface area (Å²) in [6.45, 7) is 4.38. The van der Waals surface area contributed by atoms with Crippen LogP contribution >= 0.6 is 23.4 Å². The SMILES string of the molecule is Cc1ccc(N(CCC#N)C(=O)CSc2nc3ccc(Cl)cc3o2)cc1C. The number of benzene rings is 2. The Kier molecular flexibility index (Phi) is 6.04. The lowest BCUT2D eigenvalue weighted by molar-refractivity contribution is -0.116. The maximum Gasteiger partial charge on any atom is 0.257 e. The number of carbonyl (C=O) groups is 1. The van der Waals surface area contributed by atoms with Gasteiger partial charge in [-0.15, -0.1) is 0 Å². The molecule has 3 aromatic rings. The molecule has 0 spiro atoms. The lowest BCUT2D eigenvalue weighted by atomic mass is 10.1. The van der Waals surface area contributed by atoms with E-state index in [-0.39, 0.29) is 18.1 Å². The molecule has 27 heavy (non-hydrogen) atoms. The van der Waals surface area contributed by atoms with Crippen molar-refractivity contribution >= 4 is 46.1 Å². The fraction of sp³-hybridized carbons (Fsp3) is 0.250. The van der Waals surface area contributed by atoms with Crippen LogP contribution in [-0.4, -0.2) is 23.2 Å². The predicted octanol–water partition coefficient (Wildman–Crippen LogP) is 5.14. The van der Waals surface area contributed by atoms with Crippen molar-refractivity contribution < 1.29 is 9.21 Å². The maximum absolute atomic E-state index is 12.8. The Morgan fingerprint density at radius 1 is 1.26 bits per heavy atom. The van der Waals surface area contributed by atoms with Crippen molar-refractivity contribution in [2.24, 2.45) is 0 Å². The van der Waals surface area contributed by atoms with Gasteiger partial charge in [-0.25, -0.2) is 4.98 Å². The zero-order valence-electron chi connectivity index (χ0n) is 15.0. The monoisotopic (exact) mass is 399 g/mol. The van der Waals surface area contributed by atoms with Crippen molar-refractivity contribution in [2.45, 2.75) is 25.5 Å². The van der Waals surface area contributed by atoms with E-state index in [0.29, 0.717) is 27.9 Å². The molecular weight excluding hydrogens is 382 g/mol. The van der Waals surface area contributed by atoms with Crippen molar-refractivity contribution in [3.05, 3.63) is 52.5 Å². The van der Waals surface area contributed by atoms with Crippen LogP contribution in [0.5, 0.6) is 0 Å². The van der Waals surface area contributed by atoms with E-state index >= 15 is 0 Å². The Hall–Kier alpha value is -2.49. The molecule has 1 aromatic heterocycles. The smallest absolute Gasteiger partial charge is 0.257 e. The van der Waals surface area contributed by atoms with Crippen molar-refractivity contribution in [3.8, 4) is 6.07 Å². The number of amides is 1. The van der Waals surface area contributed by atoms with Gasteiger partial charge < -0.3 is 9.32 Å². The van der Waals surface area contributed by atoms with Gasteiger partial charge in [-0.05, 0) is 49.2 Å². The first-order valence-electron chi connectivity index (χ1n) is 8.41. The zero-order valence-corrected chi connectivity index (χ0v) is 16.6. The van der Waals surface area contributed by atoms with Crippen LogP contribution in [-0.2, 0) is 4.79 Å². The zero-order chi connectivity index (χ0) is 19.4. The molecule has 0 saturated heterocycles. The van der Waals surface area contributed by atoms with Gasteiger partial charge in [0.2, 0.25) is 5.91 Å². The number of oxazole rings is 1. The maximum atomic E-state index is 12.8. The second-order valence-corrected chi connectivity index (χ2v) is 7.47. The van der Waals surface area contributed by atoms with E-state index in [1.807, 2.05) is 32.0 Å². The highest BCUT2D eigenvalue weighted by Crippen LogP contribution is 2.27. The van der Waals surface area contributed by atoms with Crippen LogP contribution in [0.15, 0.2) is 46.0 Å². The van der Waals surface area contributed by atoms with Crippen molar-refractivity contribution in [1.29, 1.82) is 5.26 Å². The van der Waals surface area contributed by atoms with Gasteiger partial charge in [0, 0.05) is 23.3 Å². The van der Waals surface area contributed by atoms with Crippen LogP contribution in [0, 0.1) is 25.2 Å². The second-order valence-electron chi connectivity index (χ2n) is 6.10. The minimum atomic E-state index is -0.0983. The van der Waals surface area contributed by atoms with Gasteiger partial charge in [0.05, 0.1) is 18.2 Å². The molecule has 0 saturated carbocycles. The molecule has 0 fully saturated rings.